The van der Waals surface area contributed by atoms with Crippen LogP contribution in [0.5, 0.6) is 0 Å². The lowest BCUT2D eigenvalue weighted by Crippen LogP contribution is -2.34. The molecule has 0 radical (unpaired) electrons. The summed E-state index contributed by atoms with van der Waals surface area (Å²) in [5, 5.41) is 15.1. The van der Waals surface area contributed by atoms with Gasteiger partial charge in [-0.15, -0.1) is 10.2 Å². The average Bonchev–Trinajstić information content (AvgIpc) is 3.42. The van der Waals surface area contributed by atoms with Gasteiger partial charge >= 0.3 is 6.03 Å². The molecule has 8 heteroatoms. The SMILES string of the molecule is Cc1ccc(NC(=O)c2nnc([C@@H]3CCCN3C(=O)Nc3ccc(C)c(C)c3)s2)cc1. The molecule has 1 aliphatic heterocycles. The Morgan fingerprint density at radius 1 is 0.968 bits per heavy atom. The average molecular weight is 436 g/mol. The molecular weight excluding hydrogens is 410 g/mol. The topological polar surface area (TPSA) is 87.2 Å². The van der Waals surface area contributed by atoms with Gasteiger partial charge in [0.15, 0.2) is 0 Å². The van der Waals surface area contributed by atoms with E-state index >= 15 is 0 Å². The number of hydrogen-bond donors (Lipinski definition) is 2. The standard InChI is InChI=1S/C23H25N5O2S/c1-14-6-9-17(10-7-14)24-20(29)22-27-26-21(31-22)19-5-4-12-28(19)23(30)25-18-11-8-15(2)16(3)13-18/h6-11,13,19H,4-5,12H2,1-3H3,(H,24,29)(H,25,30)/t19-/m0/s1. The number of carbonyl (C=O) groups is 2. The molecule has 7 nitrogen and oxygen atoms in total. The summed E-state index contributed by atoms with van der Waals surface area (Å²) in [6, 6.07) is 13.1. The number of carbonyl (C=O) groups excluding carboxylic acids is 2. The van der Waals surface area contributed by atoms with E-state index in [2.05, 4.69) is 20.8 Å². The molecule has 1 atom stereocenters. The lowest BCUT2D eigenvalue weighted by molar-refractivity contribution is 0.102. The smallest absolute Gasteiger partial charge is 0.320 e. The van der Waals surface area contributed by atoms with Gasteiger partial charge in [-0.3, -0.25) is 4.79 Å². The third-order valence-corrected chi connectivity index (χ3v) is 6.52. The summed E-state index contributed by atoms with van der Waals surface area (Å²) in [4.78, 5) is 27.2. The number of urea groups is 1. The summed E-state index contributed by atoms with van der Waals surface area (Å²) in [5.74, 6) is -0.295. The number of aryl methyl sites for hydroxylation is 3. The number of likely N-dealkylation sites (tertiary alicyclic amines) is 1. The molecule has 0 aliphatic carbocycles. The van der Waals surface area contributed by atoms with Crippen molar-refractivity contribution in [3.8, 4) is 0 Å². The minimum atomic E-state index is -0.295. The van der Waals surface area contributed by atoms with Crippen LogP contribution >= 0.6 is 11.3 Å². The highest BCUT2D eigenvalue weighted by Gasteiger charge is 2.33. The minimum Gasteiger partial charge on any atom is -0.320 e. The van der Waals surface area contributed by atoms with Crippen LogP contribution < -0.4 is 10.6 Å². The summed E-state index contributed by atoms with van der Waals surface area (Å²) < 4.78 is 0. The van der Waals surface area contributed by atoms with Crippen molar-refractivity contribution in [1.82, 2.24) is 15.1 Å². The number of nitrogens with zero attached hydrogens (tertiary/aromatic N) is 3. The first-order valence-electron chi connectivity index (χ1n) is 10.3. The first kappa shape index (κ1) is 21.0. The van der Waals surface area contributed by atoms with Crippen molar-refractivity contribution in [2.45, 2.75) is 39.7 Å². The second kappa shape index (κ2) is 8.85. The molecule has 160 valence electrons. The van der Waals surface area contributed by atoms with Crippen molar-refractivity contribution >= 4 is 34.6 Å². The Labute approximate surface area is 185 Å². The zero-order valence-electron chi connectivity index (χ0n) is 17.8. The van der Waals surface area contributed by atoms with Gasteiger partial charge in [-0.25, -0.2) is 4.79 Å². The van der Waals surface area contributed by atoms with Crippen LogP contribution in [0, 0.1) is 20.8 Å². The molecule has 1 aromatic heterocycles. The maximum atomic E-state index is 12.9. The lowest BCUT2D eigenvalue weighted by atomic mass is 10.1. The second-order valence-corrected chi connectivity index (χ2v) is 8.86. The van der Waals surface area contributed by atoms with E-state index in [4.69, 9.17) is 0 Å². The van der Waals surface area contributed by atoms with Gasteiger partial charge in [0.1, 0.15) is 5.01 Å². The molecule has 1 fully saturated rings. The fourth-order valence-electron chi connectivity index (χ4n) is 3.56. The van der Waals surface area contributed by atoms with Crippen molar-refractivity contribution in [3.63, 3.8) is 0 Å². The maximum Gasteiger partial charge on any atom is 0.322 e. The van der Waals surface area contributed by atoms with E-state index in [1.165, 1.54) is 16.9 Å². The molecule has 0 spiro atoms. The number of anilines is 2. The first-order valence-corrected chi connectivity index (χ1v) is 11.1. The summed E-state index contributed by atoms with van der Waals surface area (Å²) in [6.45, 7) is 6.70. The van der Waals surface area contributed by atoms with E-state index in [0.29, 0.717) is 17.2 Å². The Bertz CT molecular complexity index is 1110. The Kier molecular flexibility index (Phi) is 5.99. The predicted octanol–water partition coefficient (Wildman–Crippen LogP) is 5.08. The quantitative estimate of drug-likeness (QED) is 0.598. The van der Waals surface area contributed by atoms with Gasteiger partial charge < -0.3 is 15.5 Å². The van der Waals surface area contributed by atoms with Crippen molar-refractivity contribution in [1.29, 1.82) is 0 Å². The van der Waals surface area contributed by atoms with Crippen LogP contribution in [0.1, 0.15) is 50.4 Å². The molecule has 2 aromatic carbocycles. The Morgan fingerprint density at radius 3 is 2.45 bits per heavy atom. The Hall–Kier alpha value is -3.26. The van der Waals surface area contributed by atoms with Crippen LogP contribution in [0.2, 0.25) is 0 Å². The van der Waals surface area contributed by atoms with Gasteiger partial charge in [-0.1, -0.05) is 35.1 Å². The molecule has 1 saturated heterocycles. The summed E-state index contributed by atoms with van der Waals surface area (Å²) in [7, 11) is 0. The van der Waals surface area contributed by atoms with Crippen LogP contribution in [0.3, 0.4) is 0 Å². The number of hydrogen-bond acceptors (Lipinski definition) is 5. The third kappa shape index (κ3) is 4.74. The van der Waals surface area contributed by atoms with Crippen molar-refractivity contribution in [2.75, 3.05) is 17.2 Å². The minimum absolute atomic E-state index is 0.161. The summed E-state index contributed by atoms with van der Waals surface area (Å²) in [5.41, 5.74) is 4.92. The molecule has 0 bridgehead atoms. The van der Waals surface area contributed by atoms with Gasteiger partial charge in [0.25, 0.3) is 5.91 Å². The number of amides is 3. The van der Waals surface area contributed by atoms with E-state index in [-0.39, 0.29) is 23.0 Å². The van der Waals surface area contributed by atoms with Crippen molar-refractivity contribution < 1.29 is 9.59 Å². The van der Waals surface area contributed by atoms with E-state index in [0.717, 1.165) is 29.7 Å². The molecule has 1 aliphatic rings. The molecule has 0 saturated carbocycles. The highest BCUT2D eigenvalue weighted by molar-refractivity contribution is 7.13. The summed E-state index contributed by atoms with van der Waals surface area (Å²) in [6.07, 6.45) is 1.68. The van der Waals surface area contributed by atoms with Crippen molar-refractivity contribution in [2.24, 2.45) is 0 Å². The number of rotatable bonds is 4. The fraction of sp³-hybridized carbons (Fsp3) is 0.304. The van der Waals surface area contributed by atoms with Gasteiger partial charge in [-0.05, 0) is 69.0 Å². The number of aromatic nitrogens is 2. The van der Waals surface area contributed by atoms with E-state index in [1.807, 2.05) is 63.2 Å². The molecule has 4 rings (SSSR count). The van der Waals surface area contributed by atoms with Crippen molar-refractivity contribution in [3.05, 3.63) is 69.2 Å². The zero-order chi connectivity index (χ0) is 22.0. The molecule has 31 heavy (non-hydrogen) atoms. The van der Waals surface area contributed by atoms with Gasteiger partial charge in [0.05, 0.1) is 6.04 Å². The van der Waals surface area contributed by atoms with Crippen LogP contribution in [-0.2, 0) is 0 Å². The zero-order valence-corrected chi connectivity index (χ0v) is 18.6. The maximum absolute atomic E-state index is 12.9. The molecule has 3 aromatic rings. The summed E-state index contributed by atoms with van der Waals surface area (Å²) >= 11 is 1.24. The second-order valence-electron chi connectivity index (χ2n) is 7.85. The Morgan fingerprint density at radius 2 is 1.71 bits per heavy atom. The predicted molar refractivity (Wildman–Crippen MR) is 123 cm³/mol. The van der Waals surface area contributed by atoms with E-state index < -0.39 is 0 Å². The third-order valence-electron chi connectivity index (χ3n) is 5.50. The van der Waals surface area contributed by atoms with Crippen LogP contribution in [0.25, 0.3) is 0 Å². The molecule has 2 N–H and O–H groups in total. The highest BCUT2D eigenvalue weighted by Crippen LogP contribution is 2.34. The van der Waals surface area contributed by atoms with Crippen LogP contribution in [0.4, 0.5) is 16.2 Å². The van der Waals surface area contributed by atoms with Crippen LogP contribution in [-0.4, -0.2) is 33.6 Å². The van der Waals surface area contributed by atoms with Gasteiger partial charge in [0, 0.05) is 17.9 Å². The highest BCUT2D eigenvalue weighted by atomic mass is 32.1. The van der Waals surface area contributed by atoms with Gasteiger partial charge in [-0.2, -0.15) is 0 Å². The fourth-order valence-corrected chi connectivity index (χ4v) is 4.45. The normalized spacial score (nSPS) is 15.7. The lowest BCUT2D eigenvalue weighted by Gasteiger charge is -2.23. The van der Waals surface area contributed by atoms with Crippen LogP contribution in [0.15, 0.2) is 42.5 Å². The number of nitrogens with one attached hydrogen (secondary N) is 2. The van der Waals surface area contributed by atoms with Gasteiger partial charge in [0.2, 0.25) is 5.01 Å². The molecule has 0 unspecified atom stereocenters. The Balaban J connectivity index is 1.44. The molecule has 2 heterocycles. The van der Waals surface area contributed by atoms with E-state index in [1.54, 1.807) is 4.90 Å². The first-order chi connectivity index (χ1) is 14.9. The molecular formula is C23H25N5O2S. The monoisotopic (exact) mass is 435 g/mol. The van der Waals surface area contributed by atoms with E-state index in [9.17, 15) is 9.59 Å². The number of benzene rings is 2. The largest absolute Gasteiger partial charge is 0.322 e. The molecule has 3 amide bonds.